The van der Waals surface area contributed by atoms with E-state index in [1.54, 1.807) is 0 Å². The van der Waals surface area contributed by atoms with Crippen LogP contribution in [0.15, 0.2) is 12.2 Å². The van der Waals surface area contributed by atoms with E-state index in [4.69, 9.17) is 9.47 Å². The Balaban J connectivity index is 1.41. The number of epoxide rings is 1. The van der Waals surface area contributed by atoms with E-state index in [1.165, 1.54) is 25.3 Å². The average Bonchev–Trinajstić information content (AvgIpc) is 3.41. The Morgan fingerprint density at radius 2 is 1.91 bits per heavy atom. The number of Topliss-reactive ketones (excluding diaryl/α,β-unsaturated/α-hetero) is 1. The zero-order valence-corrected chi connectivity index (χ0v) is 22.5. The van der Waals surface area contributed by atoms with Gasteiger partial charge in [-0.3, -0.25) is 9.59 Å². The second kappa shape index (κ2) is 8.68. The Morgan fingerprint density at radius 3 is 2.60 bits per heavy atom. The van der Waals surface area contributed by atoms with Gasteiger partial charge in [0.05, 0.1) is 6.10 Å². The zero-order chi connectivity index (χ0) is 25.3. The van der Waals surface area contributed by atoms with Crippen molar-refractivity contribution in [2.24, 2.45) is 46.3 Å². The molecule has 5 heteroatoms. The molecule has 1 spiro atoms. The number of aliphatic hydroxyl groups excluding tert-OH is 1. The van der Waals surface area contributed by atoms with E-state index in [9.17, 15) is 14.7 Å². The lowest BCUT2D eigenvalue weighted by Crippen LogP contribution is -2.64. The molecule has 5 aliphatic rings. The molecule has 5 rings (SSSR count). The molecule has 0 radical (unpaired) electrons. The van der Waals surface area contributed by atoms with Crippen LogP contribution < -0.4 is 0 Å². The molecule has 4 aliphatic carbocycles. The number of carbonyl (C=O) groups excluding carboxylic acids is 2. The highest BCUT2D eigenvalue weighted by Crippen LogP contribution is 2.73. The molecule has 10 atom stereocenters. The molecule has 0 unspecified atom stereocenters. The highest BCUT2D eigenvalue weighted by Gasteiger charge is 2.81. The van der Waals surface area contributed by atoms with Crippen LogP contribution in [0.4, 0.5) is 0 Å². The van der Waals surface area contributed by atoms with Crippen LogP contribution in [-0.2, 0) is 19.1 Å². The van der Waals surface area contributed by atoms with Gasteiger partial charge in [0.25, 0.3) is 0 Å². The number of rotatable bonds is 7. The summed E-state index contributed by atoms with van der Waals surface area (Å²) in [6.45, 7) is 15.4. The monoisotopic (exact) mass is 486 g/mol. The van der Waals surface area contributed by atoms with Gasteiger partial charge in [-0.25, -0.2) is 0 Å². The van der Waals surface area contributed by atoms with Crippen molar-refractivity contribution in [1.82, 2.24) is 0 Å². The Labute approximate surface area is 211 Å². The predicted molar refractivity (Wildman–Crippen MR) is 134 cm³/mol. The van der Waals surface area contributed by atoms with Crippen molar-refractivity contribution >= 4 is 11.8 Å². The number of hydrogen-bond donors (Lipinski definition) is 1. The molecule has 5 nitrogen and oxygen atoms in total. The van der Waals surface area contributed by atoms with E-state index in [-0.39, 0.29) is 34.4 Å². The highest BCUT2D eigenvalue weighted by atomic mass is 16.6. The molecule has 0 aromatic rings. The minimum atomic E-state index is -0.630. The summed E-state index contributed by atoms with van der Waals surface area (Å²) in [4.78, 5) is 25.8. The number of ether oxygens (including phenoxy) is 2. The number of carbonyl (C=O) groups is 2. The number of esters is 1. The molecular formula is C30H46O5. The third kappa shape index (κ3) is 3.69. The van der Waals surface area contributed by atoms with Crippen LogP contribution >= 0.6 is 0 Å². The van der Waals surface area contributed by atoms with Crippen LogP contribution in [0.25, 0.3) is 0 Å². The van der Waals surface area contributed by atoms with Gasteiger partial charge < -0.3 is 14.6 Å². The summed E-state index contributed by atoms with van der Waals surface area (Å²) in [5.74, 6) is 2.32. The summed E-state index contributed by atoms with van der Waals surface area (Å²) in [7, 11) is 0. The van der Waals surface area contributed by atoms with Gasteiger partial charge in [-0.15, -0.1) is 0 Å². The molecule has 1 saturated heterocycles. The van der Waals surface area contributed by atoms with Crippen molar-refractivity contribution in [3.8, 4) is 0 Å². The lowest BCUT2D eigenvalue weighted by molar-refractivity contribution is -0.173. The summed E-state index contributed by atoms with van der Waals surface area (Å²) in [6.07, 6.45) is 7.76. The van der Waals surface area contributed by atoms with Gasteiger partial charge in [0, 0.05) is 24.7 Å². The molecule has 0 aromatic carbocycles. The number of hydrogen-bond acceptors (Lipinski definition) is 5. The second-order valence-corrected chi connectivity index (χ2v) is 13.4. The molecule has 4 saturated carbocycles. The number of aliphatic hydroxyl groups is 1. The van der Waals surface area contributed by atoms with Crippen LogP contribution in [-0.4, -0.2) is 41.3 Å². The molecule has 0 amide bonds. The topological polar surface area (TPSA) is 76.1 Å². The van der Waals surface area contributed by atoms with Crippen molar-refractivity contribution in [2.45, 2.75) is 110 Å². The van der Waals surface area contributed by atoms with E-state index in [1.807, 2.05) is 0 Å². The van der Waals surface area contributed by atoms with E-state index >= 15 is 0 Å². The second-order valence-electron chi connectivity index (χ2n) is 13.4. The van der Waals surface area contributed by atoms with E-state index < -0.39 is 17.8 Å². The lowest BCUT2D eigenvalue weighted by Gasteiger charge is -2.59. The summed E-state index contributed by atoms with van der Waals surface area (Å²) in [6, 6.07) is 0. The van der Waals surface area contributed by atoms with Crippen molar-refractivity contribution in [3.05, 3.63) is 12.2 Å². The van der Waals surface area contributed by atoms with Crippen LogP contribution in [0.1, 0.15) is 92.4 Å². The number of allylic oxidation sites excluding steroid dienone is 1. The van der Waals surface area contributed by atoms with E-state index in [0.717, 1.165) is 32.1 Å². The standard InChI is InChI=1S/C30H46O5/c1-17(2)18(3)7-8-19(4)22-9-10-23-25-24(12-13-28(22,23)6)29(16-34-20(5)31)14-11-21(32)15-30(29)27(35-30)26(25)33/h17,19,21-25,27,32H,3,7-16H2,1-2,4-6H3/t19-,21+,22-,23+,24+,25+,27-,28-,29+,30-/m1/s1. The fourth-order valence-corrected chi connectivity index (χ4v) is 9.53. The molecule has 196 valence electrons. The molecule has 1 aliphatic heterocycles. The first-order valence-corrected chi connectivity index (χ1v) is 14.2. The maximum atomic E-state index is 14.0. The average molecular weight is 487 g/mol. The number of fused-ring (bicyclic) bond motifs is 4. The lowest BCUT2D eigenvalue weighted by atomic mass is 9.43. The molecule has 1 heterocycles. The molecule has 0 bridgehead atoms. The van der Waals surface area contributed by atoms with Crippen LogP contribution in [0, 0.1) is 46.3 Å². The van der Waals surface area contributed by atoms with Gasteiger partial charge in [0.2, 0.25) is 0 Å². The molecule has 35 heavy (non-hydrogen) atoms. The fourth-order valence-electron chi connectivity index (χ4n) is 9.53. The quantitative estimate of drug-likeness (QED) is 0.293. The Hall–Kier alpha value is -1.20. The summed E-state index contributed by atoms with van der Waals surface area (Å²) < 4.78 is 12.0. The van der Waals surface area contributed by atoms with Crippen LogP contribution in [0.2, 0.25) is 0 Å². The van der Waals surface area contributed by atoms with E-state index in [0.29, 0.717) is 43.1 Å². The van der Waals surface area contributed by atoms with Gasteiger partial charge >= 0.3 is 5.97 Å². The van der Waals surface area contributed by atoms with Crippen LogP contribution in [0.5, 0.6) is 0 Å². The first-order valence-electron chi connectivity index (χ1n) is 14.2. The predicted octanol–water partition coefficient (Wildman–Crippen LogP) is 5.49. The normalized spacial score (nSPS) is 46.8. The fraction of sp³-hybridized carbons (Fsp3) is 0.867. The zero-order valence-electron chi connectivity index (χ0n) is 22.5. The van der Waals surface area contributed by atoms with Gasteiger partial charge in [-0.1, -0.05) is 39.8 Å². The van der Waals surface area contributed by atoms with Crippen molar-refractivity contribution in [3.63, 3.8) is 0 Å². The van der Waals surface area contributed by atoms with Gasteiger partial charge in [-0.05, 0) is 86.4 Å². The smallest absolute Gasteiger partial charge is 0.302 e. The summed E-state index contributed by atoms with van der Waals surface area (Å²) in [5, 5.41) is 10.5. The van der Waals surface area contributed by atoms with Gasteiger partial charge in [0.1, 0.15) is 18.3 Å². The van der Waals surface area contributed by atoms with Crippen molar-refractivity contribution < 1.29 is 24.2 Å². The van der Waals surface area contributed by atoms with Crippen molar-refractivity contribution in [2.75, 3.05) is 6.61 Å². The maximum Gasteiger partial charge on any atom is 0.302 e. The first kappa shape index (κ1) is 25.4. The third-order valence-corrected chi connectivity index (χ3v) is 11.6. The minimum absolute atomic E-state index is 0.0111. The molecule has 1 N–H and O–H groups in total. The van der Waals surface area contributed by atoms with Gasteiger partial charge in [0.15, 0.2) is 5.78 Å². The highest BCUT2D eigenvalue weighted by molar-refractivity contribution is 5.92. The largest absolute Gasteiger partial charge is 0.465 e. The first-order chi connectivity index (χ1) is 16.5. The molecule has 5 fully saturated rings. The third-order valence-electron chi connectivity index (χ3n) is 11.6. The minimum Gasteiger partial charge on any atom is -0.465 e. The SMILES string of the molecule is C=C(CC[C@@H](C)[C@H]1CC[C@H]2[C@@H]3C(=O)[C@H]4O[C@]45C[C@@H](O)CC[C@]5(COC(C)=O)[C@H]3CC[C@]12C)C(C)C. The summed E-state index contributed by atoms with van der Waals surface area (Å²) in [5.41, 5.74) is 0.536. The van der Waals surface area contributed by atoms with Crippen molar-refractivity contribution in [1.29, 1.82) is 0 Å². The molecular weight excluding hydrogens is 440 g/mol. The van der Waals surface area contributed by atoms with Crippen LogP contribution in [0.3, 0.4) is 0 Å². The maximum absolute atomic E-state index is 14.0. The summed E-state index contributed by atoms with van der Waals surface area (Å²) >= 11 is 0. The Morgan fingerprint density at radius 1 is 1.17 bits per heavy atom. The Bertz CT molecular complexity index is 895. The number of ketones is 1. The Kier molecular flexibility index (Phi) is 6.31. The molecule has 0 aromatic heterocycles. The van der Waals surface area contributed by atoms with Gasteiger partial charge in [-0.2, -0.15) is 0 Å². The van der Waals surface area contributed by atoms with E-state index in [2.05, 4.69) is 34.3 Å².